The number of nitrogens with zero attached hydrogens (tertiary/aromatic N) is 2. The van der Waals surface area contributed by atoms with Crippen molar-refractivity contribution in [3.05, 3.63) is 54.1 Å². The Hall–Kier alpha value is -2.24. The quantitative estimate of drug-likeness (QED) is 0.599. The van der Waals surface area contributed by atoms with Gasteiger partial charge in [0.05, 0.1) is 15.9 Å². The summed E-state index contributed by atoms with van der Waals surface area (Å²) < 4.78 is 6.54. The molecule has 3 aromatic rings. The minimum absolute atomic E-state index is 0.0180. The van der Waals surface area contributed by atoms with E-state index in [2.05, 4.69) is 32.0 Å². The summed E-state index contributed by atoms with van der Waals surface area (Å²) in [4.78, 5) is 20.0. The van der Waals surface area contributed by atoms with E-state index in [1.165, 1.54) is 5.56 Å². The fourth-order valence-electron chi connectivity index (χ4n) is 3.42. The fraction of sp³-hybridized carbons (Fsp3) is 0.364. The van der Waals surface area contributed by atoms with Crippen molar-refractivity contribution in [3.8, 4) is 0 Å². The number of rotatable bonds is 4. The molecule has 5 heteroatoms. The van der Waals surface area contributed by atoms with E-state index in [0.29, 0.717) is 19.1 Å². The number of anilines is 2. The van der Waals surface area contributed by atoms with Crippen molar-refractivity contribution in [2.45, 2.75) is 32.6 Å². The average molecular weight is 381 g/mol. The Kier molecular flexibility index (Phi) is 5.23. The summed E-state index contributed by atoms with van der Waals surface area (Å²) in [5, 5.41) is 0.741. The van der Waals surface area contributed by atoms with Crippen molar-refractivity contribution >= 4 is 38.3 Å². The molecule has 0 radical (unpaired) electrons. The number of ether oxygens (including phenoxy) is 1. The summed E-state index contributed by atoms with van der Waals surface area (Å²) in [6, 6.07) is 16.3. The molecule has 1 saturated heterocycles. The zero-order chi connectivity index (χ0) is 18.8. The van der Waals surface area contributed by atoms with E-state index in [0.717, 1.165) is 33.9 Å². The van der Waals surface area contributed by atoms with E-state index in [-0.39, 0.29) is 11.8 Å². The van der Waals surface area contributed by atoms with Gasteiger partial charge < -0.3 is 4.74 Å². The zero-order valence-corrected chi connectivity index (χ0v) is 16.5. The van der Waals surface area contributed by atoms with Crippen LogP contribution in [0.15, 0.2) is 48.5 Å². The summed E-state index contributed by atoms with van der Waals surface area (Å²) in [7, 11) is 0. The second-order valence-electron chi connectivity index (χ2n) is 7.27. The Labute approximate surface area is 163 Å². The molecule has 0 spiro atoms. The molecule has 0 atom stereocenters. The van der Waals surface area contributed by atoms with Gasteiger partial charge in [0.2, 0.25) is 5.91 Å². The summed E-state index contributed by atoms with van der Waals surface area (Å²) in [5.74, 6) is 0.561. The molecule has 2 heterocycles. The molecule has 1 fully saturated rings. The molecule has 0 bridgehead atoms. The van der Waals surface area contributed by atoms with Crippen molar-refractivity contribution < 1.29 is 9.53 Å². The molecule has 27 heavy (non-hydrogen) atoms. The number of fused-ring (bicyclic) bond motifs is 1. The summed E-state index contributed by atoms with van der Waals surface area (Å²) >= 11 is 1.57. The van der Waals surface area contributed by atoms with Crippen LogP contribution in [0.5, 0.6) is 0 Å². The first-order valence-corrected chi connectivity index (χ1v) is 10.3. The Morgan fingerprint density at radius 3 is 2.48 bits per heavy atom. The van der Waals surface area contributed by atoms with E-state index >= 15 is 0 Å². The Morgan fingerprint density at radius 1 is 1.11 bits per heavy atom. The van der Waals surface area contributed by atoms with Gasteiger partial charge in [-0.15, -0.1) is 0 Å². The number of amides is 1. The van der Waals surface area contributed by atoms with Crippen LogP contribution >= 0.6 is 11.3 Å². The van der Waals surface area contributed by atoms with Gasteiger partial charge in [0, 0.05) is 19.1 Å². The molecule has 1 aromatic heterocycles. The monoisotopic (exact) mass is 380 g/mol. The second kappa shape index (κ2) is 7.79. The molecule has 0 unspecified atom stereocenters. The lowest BCUT2D eigenvalue weighted by Gasteiger charge is -2.28. The summed E-state index contributed by atoms with van der Waals surface area (Å²) in [5.41, 5.74) is 3.08. The first kappa shape index (κ1) is 18.1. The largest absolute Gasteiger partial charge is 0.381 e. The Morgan fingerprint density at radius 2 is 1.81 bits per heavy atom. The molecule has 0 N–H and O–H groups in total. The molecule has 1 aliphatic heterocycles. The molecule has 4 rings (SSSR count). The van der Waals surface area contributed by atoms with E-state index in [1.807, 2.05) is 35.2 Å². The Balaban J connectivity index is 1.75. The van der Waals surface area contributed by atoms with Crippen LogP contribution < -0.4 is 4.90 Å². The number of benzene rings is 2. The van der Waals surface area contributed by atoms with Crippen LogP contribution in [-0.4, -0.2) is 24.1 Å². The molecule has 0 saturated carbocycles. The van der Waals surface area contributed by atoms with Crippen LogP contribution in [-0.2, 0) is 9.53 Å². The van der Waals surface area contributed by atoms with Crippen molar-refractivity contribution in [3.63, 3.8) is 0 Å². The van der Waals surface area contributed by atoms with Gasteiger partial charge >= 0.3 is 0 Å². The highest BCUT2D eigenvalue weighted by Crippen LogP contribution is 2.36. The molecule has 4 nitrogen and oxygen atoms in total. The molecule has 0 aliphatic carbocycles. The van der Waals surface area contributed by atoms with Crippen LogP contribution in [0.2, 0.25) is 0 Å². The number of thiazole rings is 1. The van der Waals surface area contributed by atoms with Crippen LogP contribution in [0.3, 0.4) is 0 Å². The highest BCUT2D eigenvalue weighted by atomic mass is 32.1. The third-order valence-electron chi connectivity index (χ3n) is 5.08. The van der Waals surface area contributed by atoms with Gasteiger partial charge in [-0.25, -0.2) is 4.98 Å². The average Bonchev–Trinajstić information content (AvgIpc) is 3.12. The van der Waals surface area contributed by atoms with Gasteiger partial charge in [0.1, 0.15) is 0 Å². The van der Waals surface area contributed by atoms with Gasteiger partial charge in [-0.3, -0.25) is 9.69 Å². The first-order valence-electron chi connectivity index (χ1n) is 9.51. The van der Waals surface area contributed by atoms with Crippen LogP contribution in [0.1, 0.15) is 38.2 Å². The maximum Gasteiger partial charge on any atom is 0.236 e. The summed E-state index contributed by atoms with van der Waals surface area (Å²) in [6.45, 7) is 5.65. The standard InChI is InChI=1S/C22H24N2O2S/c1-15(2)16-7-9-18(10-8-16)24(21(25)17-11-13-26-14-12-17)22-23-19-5-3-4-6-20(19)27-22/h3-10,15,17H,11-14H2,1-2H3. The van der Waals surface area contributed by atoms with Gasteiger partial charge in [0.25, 0.3) is 0 Å². The van der Waals surface area contributed by atoms with Gasteiger partial charge in [-0.2, -0.15) is 0 Å². The number of para-hydroxylation sites is 1. The lowest BCUT2D eigenvalue weighted by Crippen LogP contribution is -2.35. The molecular weight excluding hydrogens is 356 g/mol. The third kappa shape index (κ3) is 3.75. The van der Waals surface area contributed by atoms with Crippen LogP contribution in [0, 0.1) is 5.92 Å². The molecule has 1 aliphatic rings. The lowest BCUT2D eigenvalue weighted by atomic mass is 9.98. The van der Waals surface area contributed by atoms with E-state index in [4.69, 9.17) is 9.72 Å². The number of aromatic nitrogens is 1. The molecule has 140 valence electrons. The normalized spacial score (nSPS) is 15.4. The number of hydrogen-bond acceptors (Lipinski definition) is 4. The highest BCUT2D eigenvalue weighted by molar-refractivity contribution is 7.22. The predicted molar refractivity (Wildman–Crippen MR) is 111 cm³/mol. The number of carbonyl (C=O) groups excluding carboxylic acids is 1. The van der Waals surface area contributed by atoms with E-state index < -0.39 is 0 Å². The SMILES string of the molecule is CC(C)c1ccc(N(C(=O)C2CCOCC2)c2nc3ccccc3s2)cc1. The predicted octanol–water partition coefficient (Wildman–Crippen LogP) is 5.51. The maximum absolute atomic E-state index is 13.4. The number of hydrogen-bond donors (Lipinski definition) is 0. The van der Waals surface area contributed by atoms with Gasteiger partial charge in [-0.1, -0.05) is 49.4 Å². The van der Waals surface area contributed by atoms with Crippen LogP contribution in [0.25, 0.3) is 10.2 Å². The second-order valence-corrected chi connectivity index (χ2v) is 8.28. The van der Waals surface area contributed by atoms with E-state index in [1.54, 1.807) is 11.3 Å². The van der Waals surface area contributed by atoms with Gasteiger partial charge in [-0.05, 0) is 48.6 Å². The lowest BCUT2D eigenvalue weighted by molar-refractivity contribution is -0.124. The van der Waals surface area contributed by atoms with Gasteiger partial charge in [0.15, 0.2) is 5.13 Å². The van der Waals surface area contributed by atoms with Crippen LogP contribution in [0.4, 0.5) is 10.8 Å². The first-order chi connectivity index (χ1) is 13.1. The molecule has 1 amide bonds. The molecular formula is C22H24N2O2S. The van der Waals surface area contributed by atoms with Crippen molar-refractivity contribution in [1.29, 1.82) is 0 Å². The smallest absolute Gasteiger partial charge is 0.236 e. The number of carbonyl (C=O) groups is 1. The van der Waals surface area contributed by atoms with Crippen molar-refractivity contribution in [2.75, 3.05) is 18.1 Å². The topological polar surface area (TPSA) is 42.4 Å². The van der Waals surface area contributed by atoms with Crippen molar-refractivity contribution in [1.82, 2.24) is 4.98 Å². The Bertz CT molecular complexity index is 894. The molecule has 2 aromatic carbocycles. The minimum Gasteiger partial charge on any atom is -0.381 e. The maximum atomic E-state index is 13.4. The van der Waals surface area contributed by atoms with E-state index in [9.17, 15) is 4.79 Å². The van der Waals surface area contributed by atoms with Crippen molar-refractivity contribution in [2.24, 2.45) is 5.92 Å². The third-order valence-corrected chi connectivity index (χ3v) is 6.10. The summed E-state index contributed by atoms with van der Waals surface area (Å²) in [6.07, 6.45) is 1.54. The highest BCUT2D eigenvalue weighted by Gasteiger charge is 2.30. The minimum atomic E-state index is -0.0180. The zero-order valence-electron chi connectivity index (χ0n) is 15.7. The fourth-order valence-corrected chi connectivity index (χ4v) is 4.42.